The van der Waals surface area contributed by atoms with Crippen LogP contribution in [-0.2, 0) is 6.54 Å². The van der Waals surface area contributed by atoms with Crippen LogP contribution in [0, 0.1) is 18.3 Å². The number of hydrogen-bond acceptors (Lipinski definition) is 3. The first-order valence-corrected chi connectivity index (χ1v) is 6.50. The first-order valence-electron chi connectivity index (χ1n) is 6.50. The second-order valence-corrected chi connectivity index (χ2v) is 4.52. The summed E-state index contributed by atoms with van der Waals surface area (Å²) in [6.45, 7) is 6.16. The third-order valence-electron chi connectivity index (χ3n) is 3.09. The average Bonchev–Trinajstić information content (AvgIpc) is 2.89. The molecule has 4 heteroatoms. The van der Waals surface area contributed by atoms with Crippen LogP contribution in [0.15, 0.2) is 30.6 Å². The van der Waals surface area contributed by atoms with E-state index in [2.05, 4.69) is 42.4 Å². The molecule has 0 aliphatic carbocycles. The molecule has 98 valence electrons. The van der Waals surface area contributed by atoms with Gasteiger partial charge in [0.05, 0.1) is 0 Å². The maximum Gasteiger partial charge on any atom is 0.217 e. The molecule has 0 saturated heterocycles. The SMILES string of the molecule is CCCNCc1ccc(-n2ccnc2C#N)cc1C. The van der Waals surface area contributed by atoms with E-state index in [1.165, 1.54) is 11.1 Å². The van der Waals surface area contributed by atoms with Crippen molar-refractivity contribution in [2.75, 3.05) is 6.54 Å². The predicted molar refractivity (Wildman–Crippen MR) is 75.0 cm³/mol. The van der Waals surface area contributed by atoms with E-state index in [9.17, 15) is 0 Å². The summed E-state index contributed by atoms with van der Waals surface area (Å²) in [6, 6.07) is 8.31. The highest BCUT2D eigenvalue weighted by Crippen LogP contribution is 2.16. The molecule has 19 heavy (non-hydrogen) atoms. The number of benzene rings is 1. The molecule has 0 amide bonds. The summed E-state index contributed by atoms with van der Waals surface area (Å²) in [7, 11) is 0. The van der Waals surface area contributed by atoms with Crippen LogP contribution in [-0.4, -0.2) is 16.1 Å². The summed E-state index contributed by atoms with van der Waals surface area (Å²) in [6.07, 6.45) is 4.59. The lowest BCUT2D eigenvalue weighted by Crippen LogP contribution is -2.14. The minimum absolute atomic E-state index is 0.413. The standard InChI is InChI=1S/C15H18N4/c1-3-6-17-11-13-4-5-14(9-12(13)2)19-8-7-18-15(19)10-16/h4-5,7-9,17H,3,6,11H2,1-2H3. The second-order valence-electron chi connectivity index (χ2n) is 4.52. The van der Waals surface area contributed by atoms with E-state index < -0.39 is 0 Å². The third-order valence-corrected chi connectivity index (χ3v) is 3.09. The fourth-order valence-corrected chi connectivity index (χ4v) is 2.02. The van der Waals surface area contributed by atoms with E-state index in [0.717, 1.165) is 25.2 Å². The number of aromatic nitrogens is 2. The molecule has 0 unspecified atom stereocenters. The number of aryl methyl sites for hydroxylation is 1. The van der Waals surface area contributed by atoms with Gasteiger partial charge in [0, 0.05) is 24.6 Å². The average molecular weight is 254 g/mol. The Morgan fingerprint density at radius 3 is 2.95 bits per heavy atom. The van der Waals surface area contributed by atoms with E-state index in [4.69, 9.17) is 5.26 Å². The van der Waals surface area contributed by atoms with Crippen LogP contribution in [0.25, 0.3) is 5.69 Å². The van der Waals surface area contributed by atoms with Crippen LogP contribution in [0.1, 0.15) is 30.3 Å². The van der Waals surface area contributed by atoms with Gasteiger partial charge in [-0.3, -0.25) is 4.57 Å². The lowest BCUT2D eigenvalue weighted by Gasteiger charge is -2.10. The smallest absolute Gasteiger partial charge is 0.217 e. The molecule has 0 bridgehead atoms. The van der Waals surface area contributed by atoms with Crippen molar-refractivity contribution in [3.8, 4) is 11.8 Å². The number of nitrogens with zero attached hydrogens (tertiary/aromatic N) is 3. The highest BCUT2D eigenvalue weighted by atomic mass is 15.1. The van der Waals surface area contributed by atoms with Gasteiger partial charge in [-0.05, 0) is 43.1 Å². The summed E-state index contributed by atoms with van der Waals surface area (Å²) in [5, 5.41) is 12.4. The predicted octanol–water partition coefficient (Wildman–Crippen LogP) is 2.55. The summed E-state index contributed by atoms with van der Waals surface area (Å²) in [5.41, 5.74) is 3.49. The van der Waals surface area contributed by atoms with E-state index in [0.29, 0.717) is 5.82 Å². The van der Waals surface area contributed by atoms with Crippen molar-refractivity contribution in [2.24, 2.45) is 0 Å². The van der Waals surface area contributed by atoms with E-state index in [1.807, 2.05) is 12.3 Å². The van der Waals surface area contributed by atoms with Crippen molar-refractivity contribution in [1.82, 2.24) is 14.9 Å². The van der Waals surface area contributed by atoms with Crippen molar-refractivity contribution in [1.29, 1.82) is 5.26 Å². The highest BCUT2D eigenvalue weighted by molar-refractivity contribution is 5.42. The monoisotopic (exact) mass is 254 g/mol. The van der Waals surface area contributed by atoms with Gasteiger partial charge in [-0.2, -0.15) is 5.26 Å². The summed E-state index contributed by atoms with van der Waals surface area (Å²) in [5.74, 6) is 0.413. The molecule has 4 nitrogen and oxygen atoms in total. The molecule has 1 N–H and O–H groups in total. The van der Waals surface area contributed by atoms with Gasteiger partial charge in [0.25, 0.3) is 0 Å². The van der Waals surface area contributed by atoms with Crippen LogP contribution in [0.3, 0.4) is 0 Å². The van der Waals surface area contributed by atoms with Gasteiger partial charge >= 0.3 is 0 Å². The molecule has 0 spiro atoms. The molecule has 2 aromatic rings. The topological polar surface area (TPSA) is 53.6 Å². The van der Waals surface area contributed by atoms with Crippen molar-refractivity contribution < 1.29 is 0 Å². The van der Waals surface area contributed by atoms with Gasteiger partial charge in [0.1, 0.15) is 6.07 Å². The number of imidazole rings is 1. The zero-order valence-electron chi connectivity index (χ0n) is 11.3. The van der Waals surface area contributed by atoms with Crippen LogP contribution >= 0.6 is 0 Å². The maximum absolute atomic E-state index is 8.99. The third kappa shape index (κ3) is 3.01. The Kier molecular flexibility index (Phi) is 4.32. The molecule has 1 aromatic heterocycles. The van der Waals surface area contributed by atoms with Crippen LogP contribution in [0.4, 0.5) is 0 Å². The van der Waals surface area contributed by atoms with Gasteiger partial charge in [-0.25, -0.2) is 4.98 Å². The Hall–Kier alpha value is -2.12. The minimum atomic E-state index is 0.413. The fraction of sp³-hybridized carbons (Fsp3) is 0.333. The number of nitriles is 1. The van der Waals surface area contributed by atoms with E-state index in [1.54, 1.807) is 10.8 Å². The summed E-state index contributed by atoms with van der Waals surface area (Å²) in [4.78, 5) is 4.01. The number of hydrogen-bond donors (Lipinski definition) is 1. The molecule has 0 radical (unpaired) electrons. The Morgan fingerprint density at radius 2 is 2.26 bits per heavy atom. The Labute approximate surface area is 113 Å². The molecule has 0 aliphatic rings. The van der Waals surface area contributed by atoms with Crippen molar-refractivity contribution in [3.05, 3.63) is 47.5 Å². The summed E-state index contributed by atoms with van der Waals surface area (Å²) < 4.78 is 1.80. The zero-order chi connectivity index (χ0) is 13.7. The van der Waals surface area contributed by atoms with Gasteiger partial charge < -0.3 is 5.32 Å². The van der Waals surface area contributed by atoms with Gasteiger partial charge in [-0.15, -0.1) is 0 Å². The van der Waals surface area contributed by atoms with E-state index in [-0.39, 0.29) is 0 Å². The van der Waals surface area contributed by atoms with Gasteiger partial charge in [0.15, 0.2) is 0 Å². The Balaban J connectivity index is 2.22. The molecule has 0 fully saturated rings. The fourth-order valence-electron chi connectivity index (χ4n) is 2.02. The first kappa shape index (κ1) is 13.3. The molecule has 0 saturated carbocycles. The lowest BCUT2D eigenvalue weighted by atomic mass is 10.1. The van der Waals surface area contributed by atoms with E-state index >= 15 is 0 Å². The van der Waals surface area contributed by atoms with Crippen LogP contribution < -0.4 is 5.32 Å². The second kappa shape index (κ2) is 6.17. The molecule has 0 aliphatic heterocycles. The van der Waals surface area contributed by atoms with Gasteiger partial charge in [-0.1, -0.05) is 13.0 Å². The molecular weight excluding hydrogens is 236 g/mol. The Morgan fingerprint density at radius 1 is 1.42 bits per heavy atom. The Bertz CT molecular complexity index is 592. The quantitative estimate of drug-likeness (QED) is 0.834. The maximum atomic E-state index is 8.99. The van der Waals surface area contributed by atoms with Crippen molar-refractivity contribution >= 4 is 0 Å². The normalized spacial score (nSPS) is 10.4. The minimum Gasteiger partial charge on any atom is -0.313 e. The van der Waals surface area contributed by atoms with Crippen LogP contribution in [0.5, 0.6) is 0 Å². The van der Waals surface area contributed by atoms with Crippen molar-refractivity contribution in [2.45, 2.75) is 26.8 Å². The first-order chi connectivity index (χ1) is 9.26. The zero-order valence-corrected chi connectivity index (χ0v) is 11.3. The van der Waals surface area contributed by atoms with Crippen LogP contribution in [0.2, 0.25) is 0 Å². The summed E-state index contributed by atoms with van der Waals surface area (Å²) >= 11 is 0. The molecule has 1 aromatic carbocycles. The highest BCUT2D eigenvalue weighted by Gasteiger charge is 2.05. The lowest BCUT2D eigenvalue weighted by molar-refractivity contribution is 0.673. The molecular formula is C15H18N4. The molecule has 2 rings (SSSR count). The molecule has 0 atom stereocenters. The number of nitrogens with one attached hydrogen (secondary N) is 1. The largest absolute Gasteiger partial charge is 0.313 e. The number of rotatable bonds is 5. The van der Waals surface area contributed by atoms with Gasteiger partial charge in [0.2, 0.25) is 5.82 Å². The van der Waals surface area contributed by atoms with Crippen molar-refractivity contribution in [3.63, 3.8) is 0 Å². The molecule has 1 heterocycles.